The number of Topliss-reactive ketones (excluding diaryl/α,β-unsaturated/α-hetero) is 1. The van der Waals surface area contributed by atoms with Gasteiger partial charge in [0.25, 0.3) is 0 Å². The van der Waals surface area contributed by atoms with Crippen LogP contribution in [-0.2, 0) is 9.53 Å². The van der Waals surface area contributed by atoms with Gasteiger partial charge in [-0.3, -0.25) is 4.79 Å². The van der Waals surface area contributed by atoms with E-state index in [1.54, 1.807) is 6.92 Å². The van der Waals surface area contributed by atoms with Crippen molar-refractivity contribution in [1.82, 2.24) is 4.98 Å². The molecule has 152 valence electrons. The van der Waals surface area contributed by atoms with Crippen molar-refractivity contribution in [2.24, 2.45) is 0 Å². The zero-order chi connectivity index (χ0) is 21.8. The summed E-state index contributed by atoms with van der Waals surface area (Å²) in [6.45, 7) is 3.32. The molecule has 0 fully saturated rings. The fraction of sp³-hybridized carbons (Fsp3) is 0.208. The summed E-state index contributed by atoms with van der Waals surface area (Å²) in [5.41, 5.74) is 3.58. The van der Waals surface area contributed by atoms with E-state index in [1.807, 2.05) is 73.6 Å². The number of ketones is 1. The average Bonchev–Trinajstić information content (AvgIpc) is 3.07. The Bertz CT molecular complexity index is 1160. The number of para-hydroxylation sites is 1. The molecular formula is C24H23N3O3. The number of fused-ring (bicyclic) bond motifs is 1. The first-order valence-electron chi connectivity index (χ1n) is 9.53. The molecular weight excluding hydrogens is 378 g/mol. The number of ether oxygens (including phenoxy) is 1. The summed E-state index contributed by atoms with van der Waals surface area (Å²) in [6, 6.07) is 16.7. The number of H-pyrrole nitrogens is 1. The van der Waals surface area contributed by atoms with Crippen LogP contribution >= 0.6 is 0 Å². The predicted molar refractivity (Wildman–Crippen MR) is 117 cm³/mol. The second-order valence-electron chi connectivity index (χ2n) is 7.24. The summed E-state index contributed by atoms with van der Waals surface area (Å²) >= 11 is 0. The Balaban J connectivity index is 1.78. The largest absolute Gasteiger partial charge is 0.450 e. The number of nitriles is 1. The molecule has 3 aromatic rings. The highest BCUT2D eigenvalue weighted by Crippen LogP contribution is 2.24. The van der Waals surface area contributed by atoms with E-state index in [2.05, 4.69) is 4.98 Å². The van der Waals surface area contributed by atoms with Gasteiger partial charge < -0.3 is 14.6 Å². The maximum absolute atomic E-state index is 12.9. The van der Waals surface area contributed by atoms with E-state index >= 15 is 0 Å². The number of benzene rings is 2. The fourth-order valence-corrected chi connectivity index (χ4v) is 3.25. The lowest BCUT2D eigenvalue weighted by Crippen LogP contribution is -2.25. The van der Waals surface area contributed by atoms with Crippen LogP contribution in [0.1, 0.15) is 28.5 Å². The number of rotatable bonds is 6. The molecule has 2 aromatic carbocycles. The molecule has 1 heterocycles. The Hall–Kier alpha value is -3.85. The van der Waals surface area contributed by atoms with E-state index in [1.165, 1.54) is 13.0 Å². The number of aryl methyl sites for hydroxylation is 1. The molecule has 0 saturated heterocycles. The van der Waals surface area contributed by atoms with Crippen molar-refractivity contribution in [3.8, 4) is 6.07 Å². The van der Waals surface area contributed by atoms with Gasteiger partial charge in [-0.05, 0) is 43.7 Å². The highest BCUT2D eigenvalue weighted by molar-refractivity contribution is 6.12. The van der Waals surface area contributed by atoms with E-state index in [4.69, 9.17) is 4.74 Å². The van der Waals surface area contributed by atoms with Gasteiger partial charge in [0.1, 0.15) is 11.6 Å². The second kappa shape index (κ2) is 8.66. The minimum absolute atomic E-state index is 0.164. The molecule has 0 spiro atoms. The van der Waals surface area contributed by atoms with Crippen LogP contribution in [0.4, 0.5) is 5.69 Å². The Morgan fingerprint density at radius 3 is 2.43 bits per heavy atom. The van der Waals surface area contributed by atoms with Gasteiger partial charge in [-0.2, -0.15) is 5.26 Å². The summed E-state index contributed by atoms with van der Waals surface area (Å²) in [4.78, 5) is 30.6. The summed E-state index contributed by atoms with van der Waals surface area (Å²) in [7, 11) is 3.85. The molecule has 0 bridgehead atoms. The van der Waals surface area contributed by atoms with Gasteiger partial charge in [-0.1, -0.05) is 30.3 Å². The van der Waals surface area contributed by atoms with Crippen molar-refractivity contribution in [3.05, 3.63) is 70.9 Å². The van der Waals surface area contributed by atoms with Crippen LogP contribution in [-0.4, -0.2) is 36.9 Å². The fourth-order valence-electron chi connectivity index (χ4n) is 3.25. The Morgan fingerprint density at radius 2 is 1.80 bits per heavy atom. The number of anilines is 1. The van der Waals surface area contributed by atoms with Gasteiger partial charge in [0, 0.05) is 41.9 Å². The van der Waals surface area contributed by atoms with E-state index in [0.29, 0.717) is 16.8 Å². The molecule has 0 aliphatic carbocycles. The number of carbonyl (C=O) groups excluding carboxylic acids is 2. The third kappa shape index (κ3) is 4.26. The summed E-state index contributed by atoms with van der Waals surface area (Å²) < 4.78 is 5.33. The lowest BCUT2D eigenvalue weighted by atomic mass is 10.0. The number of carbonyl (C=O) groups is 2. The predicted octanol–water partition coefficient (Wildman–Crippen LogP) is 4.26. The second-order valence-corrected chi connectivity index (χ2v) is 7.24. The topological polar surface area (TPSA) is 86.2 Å². The lowest BCUT2D eigenvalue weighted by Gasteiger charge is -2.13. The van der Waals surface area contributed by atoms with Gasteiger partial charge in [-0.25, -0.2) is 4.79 Å². The molecule has 0 aliphatic heterocycles. The maximum Gasteiger partial charge on any atom is 0.349 e. The minimum atomic E-state index is -1.02. The van der Waals surface area contributed by atoms with Gasteiger partial charge in [-0.15, -0.1) is 0 Å². The number of esters is 1. The third-order valence-corrected chi connectivity index (χ3v) is 4.85. The highest BCUT2D eigenvalue weighted by atomic mass is 16.5. The molecule has 6 heteroatoms. The Labute approximate surface area is 175 Å². The first kappa shape index (κ1) is 20.9. The van der Waals surface area contributed by atoms with Crippen LogP contribution < -0.4 is 4.90 Å². The molecule has 1 N–H and O–H groups in total. The minimum Gasteiger partial charge on any atom is -0.450 e. The van der Waals surface area contributed by atoms with E-state index < -0.39 is 12.1 Å². The van der Waals surface area contributed by atoms with E-state index in [-0.39, 0.29) is 11.4 Å². The van der Waals surface area contributed by atoms with Crippen molar-refractivity contribution in [3.63, 3.8) is 0 Å². The van der Waals surface area contributed by atoms with Gasteiger partial charge >= 0.3 is 5.97 Å². The summed E-state index contributed by atoms with van der Waals surface area (Å²) in [5.74, 6) is -1.14. The van der Waals surface area contributed by atoms with Crippen molar-refractivity contribution < 1.29 is 14.3 Å². The Kier molecular flexibility index (Phi) is 6.03. The van der Waals surface area contributed by atoms with E-state index in [9.17, 15) is 14.9 Å². The number of aromatic nitrogens is 1. The van der Waals surface area contributed by atoms with Crippen LogP contribution in [0.2, 0.25) is 0 Å². The number of aromatic amines is 1. The monoisotopic (exact) mass is 401 g/mol. The normalized spacial score (nSPS) is 12.3. The van der Waals surface area contributed by atoms with Crippen LogP contribution in [0.5, 0.6) is 0 Å². The smallest absolute Gasteiger partial charge is 0.349 e. The van der Waals surface area contributed by atoms with Crippen LogP contribution in [0.3, 0.4) is 0 Å². The molecule has 6 nitrogen and oxygen atoms in total. The SMILES string of the molecule is Cc1[nH]c2ccccc2c1C(=O)C(C)OC(=O)/C(C#N)=C\c1ccc(N(C)C)cc1. The zero-order valence-corrected chi connectivity index (χ0v) is 17.4. The zero-order valence-electron chi connectivity index (χ0n) is 17.4. The number of hydrogen-bond donors (Lipinski definition) is 1. The highest BCUT2D eigenvalue weighted by Gasteiger charge is 2.25. The quantitative estimate of drug-likeness (QED) is 0.289. The van der Waals surface area contributed by atoms with Crippen LogP contribution in [0.25, 0.3) is 17.0 Å². The van der Waals surface area contributed by atoms with Crippen molar-refractivity contribution in [1.29, 1.82) is 5.26 Å². The molecule has 1 unspecified atom stereocenters. The summed E-state index contributed by atoms with van der Waals surface area (Å²) in [5, 5.41) is 10.2. The van der Waals surface area contributed by atoms with Crippen LogP contribution in [0, 0.1) is 18.3 Å². The first-order valence-corrected chi connectivity index (χ1v) is 9.53. The molecule has 0 saturated carbocycles. The average molecular weight is 401 g/mol. The maximum atomic E-state index is 12.9. The first-order chi connectivity index (χ1) is 14.3. The van der Waals surface area contributed by atoms with Crippen molar-refractivity contribution >= 4 is 34.4 Å². The van der Waals surface area contributed by atoms with Crippen molar-refractivity contribution in [2.45, 2.75) is 20.0 Å². The standard InChI is InChI=1S/C24H23N3O3/c1-15-22(20-7-5-6-8-21(20)26-15)23(28)16(2)30-24(29)18(14-25)13-17-9-11-19(12-10-17)27(3)4/h5-13,16,26H,1-4H3/b18-13-. The van der Waals surface area contributed by atoms with Crippen molar-refractivity contribution in [2.75, 3.05) is 19.0 Å². The molecule has 0 amide bonds. The number of nitrogens with one attached hydrogen (secondary N) is 1. The van der Waals surface area contributed by atoms with E-state index in [0.717, 1.165) is 16.6 Å². The molecule has 0 radical (unpaired) electrons. The van der Waals surface area contributed by atoms with Gasteiger partial charge in [0.05, 0.1) is 0 Å². The molecule has 30 heavy (non-hydrogen) atoms. The van der Waals surface area contributed by atoms with Gasteiger partial charge in [0.2, 0.25) is 5.78 Å². The number of nitrogens with zero attached hydrogens (tertiary/aromatic N) is 2. The van der Waals surface area contributed by atoms with Gasteiger partial charge in [0.15, 0.2) is 6.10 Å². The Morgan fingerprint density at radius 1 is 1.13 bits per heavy atom. The number of hydrogen-bond acceptors (Lipinski definition) is 5. The molecule has 3 rings (SSSR count). The molecule has 1 aromatic heterocycles. The molecule has 1 atom stereocenters. The summed E-state index contributed by atoms with van der Waals surface area (Å²) in [6.07, 6.45) is 0.430. The van der Waals surface area contributed by atoms with Crippen LogP contribution in [0.15, 0.2) is 54.1 Å². The molecule has 0 aliphatic rings. The lowest BCUT2D eigenvalue weighted by molar-refractivity contribution is -0.141. The third-order valence-electron chi connectivity index (χ3n) is 4.85.